The molecule has 1 aromatic carbocycles. The summed E-state index contributed by atoms with van der Waals surface area (Å²) in [5.41, 5.74) is 4.03. The van der Waals surface area contributed by atoms with Gasteiger partial charge in [-0.2, -0.15) is 0 Å². The molecule has 1 unspecified atom stereocenters. The Hall–Kier alpha value is -3.26. The van der Waals surface area contributed by atoms with Gasteiger partial charge < -0.3 is 18.8 Å². The zero-order valence-electron chi connectivity index (χ0n) is 16.8. The average molecular weight is 394 g/mol. The van der Waals surface area contributed by atoms with Gasteiger partial charge in [0, 0.05) is 45.2 Å². The topological polar surface area (TPSA) is 72.4 Å². The molecule has 8 nitrogen and oxygen atoms in total. The predicted molar refractivity (Wildman–Crippen MR) is 110 cm³/mol. The van der Waals surface area contributed by atoms with E-state index in [1.165, 1.54) is 0 Å². The normalized spacial score (nSPS) is 15.8. The van der Waals surface area contributed by atoms with Crippen LogP contribution in [0.3, 0.4) is 0 Å². The molecule has 8 heteroatoms. The minimum Gasteiger partial charge on any atom is -0.496 e. The van der Waals surface area contributed by atoms with E-state index in [-0.39, 0.29) is 11.7 Å². The molecule has 1 atom stereocenters. The molecule has 0 bridgehead atoms. The third-order valence-corrected chi connectivity index (χ3v) is 5.61. The number of methoxy groups -OCH3 is 2. The summed E-state index contributed by atoms with van der Waals surface area (Å²) < 4.78 is 22.8. The molecule has 1 aliphatic rings. The van der Waals surface area contributed by atoms with Crippen LogP contribution in [0.1, 0.15) is 6.04 Å². The van der Waals surface area contributed by atoms with Gasteiger partial charge in [0.15, 0.2) is 0 Å². The average Bonchev–Trinajstić information content (AvgIpc) is 3.19. The second kappa shape index (κ2) is 6.38. The zero-order chi connectivity index (χ0) is 20.3. The van der Waals surface area contributed by atoms with Crippen LogP contribution in [0.2, 0.25) is 0 Å². The molecule has 4 aromatic rings. The lowest BCUT2D eigenvalue weighted by Gasteiger charge is -2.18. The predicted octanol–water partition coefficient (Wildman–Crippen LogP) is 2.48. The van der Waals surface area contributed by atoms with E-state index in [0.717, 1.165) is 33.1 Å². The second-order valence-electron chi connectivity index (χ2n) is 7.37. The molecule has 0 N–H and O–H groups in total. The Bertz CT molecular complexity index is 1310. The lowest BCUT2D eigenvalue weighted by Crippen LogP contribution is -2.31. The summed E-state index contributed by atoms with van der Waals surface area (Å²) in [4.78, 5) is 17.7. The molecule has 0 aliphatic carbocycles. The summed E-state index contributed by atoms with van der Waals surface area (Å²) in [6.45, 7) is 0.679. The first-order valence-electron chi connectivity index (χ1n) is 9.39. The van der Waals surface area contributed by atoms with Crippen LogP contribution < -0.4 is 15.2 Å². The van der Waals surface area contributed by atoms with Gasteiger partial charge in [-0.05, 0) is 6.07 Å². The van der Waals surface area contributed by atoms with Crippen LogP contribution in [0, 0.1) is 0 Å². The third kappa shape index (κ3) is 2.42. The van der Waals surface area contributed by atoms with Crippen molar-refractivity contribution in [2.45, 2.75) is 6.04 Å². The highest BCUT2D eigenvalue weighted by molar-refractivity contribution is 6.10. The van der Waals surface area contributed by atoms with Crippen molar-refractivity contribution in [2.75, 3.05) is 27.4 Å². The molecule has 5 rings (SSSR count). The van der Waals surface area contributed by atoms with Gasteiger partial charge in [0.25, 0.3) is 0 Å². The Morgan fingerprint density at radius 1 is 1.31 bits per heavy atom. The SMILES string of the molecule is COCC1COc2c(-c3ccn(C)c3)c(OC)cc3ncc4c(c23)n1c(=O)n4C. The standard InChI is InChI=1S/C21H22N4O4/c1-23-6-5-12(9-23)17-16(28-4)7-14-18-19-15(8-22-14)24(2)21(26)25(19)13(10-27-3)11-29-20(17)18/h5-9,13H,10-11H2,1-4H3. The van der Waals surface area contributed by atoms with Crippen LogP contribution in [0.25, 0.3) is 33.1 Å². The van der Waals surface area contributed by atoms with Crippen molar-refractivity contribution in [1.29, 1.82) is 0 Å². The number of aromatic nitrogens is 4. The highest BCUT2D eigenvalue weighted by Gasteiger charge is 2.30. The minimum absolute atomic E-state index is 0.107. The summed E-state index contributed by atoms with van der Waals surface area (Å²) in [6.07, 6.45) is 5.73. The van der Waals surface area contributed by atoms with Crippen LogP contribution in [-0.2, 0) is 18.8 Å². The van der Waals surface area contributed by atoms with Crippen molar-refractivity contribution < 1.29 is 14.2 Å². The molecule has 0 radical (unpaired) electrons. The smallest absolute Gasteiger partial charge is 0.329 e. The fraction of sp³-hybridized carbons (Fsp3) is 0.333. The number of pyridine rings is 1. The van der Waals surface area contributed by atoms with Gasteiger partial charge in [-0.25, -0.2) is 4.79 Å². The molecular formula is C21H22N4O4. The molecule has 1 aliphatic heterocycles. The summed E-state index contributed by atoms with van der Waals surface area (Å²) >= 11 is 0. The Labute approximate surface area is 166 Å². The lowest BCUT2D eigenvalue weighted by molar-refractivity contribution is 0.124. The van der Waals surface area contributed by atoms with Gasteiger partial charge in [0.05, 0.1) is 53.5 Å². The number of aryl methyl sites for hydroxylation is 2. The fourth-order valence-electron chi connectivity index (χ4n) is 4.26. The molecule has 0 fully saturated rings. The van der Waals surface area contributed by atoms with Gasteiger partial charge in [-0.3, -0.25) is 14.1 Å². The molecule has 4 heterocycles. The van der Waals surface area contributed by atoms with Crippen molar-refractivity contribution in [2.24, 2.45) is 14.1 Å². The molecule has 0 amide bonds. The van der Waals surface area contributed by atoms with Gasteiger partial charge in [-0.15, -0.1) is 0 Å². The van der Waals surface area contributed by atoms with Crippen molar-refractivity contribution in [3.8, 4) is 22.6 Å². The Morgan fingerprint density at radius 3 is 2.83 bits per heavy atom. The van der Waals surface area contributed by atoms with Crippen molar-refractivity contribution >= 4 is 21.9 Å². The first kappa shape index (κ1) is 17.8. The molecule has 150 valence electrons. The van der Waals surface area contributed by atoms with E-state index in [1.807, 2.05) is 36.1 Å². The first-order valence-corrected chi connectivity index (χ1v) is 9.39. The molecule has 0 spiro atoms. The van der Waals surface area contributed by atoms with E-state index in [9.17, 15) is 4.79 Å². The van der Waals surface area contributed by atoms with Crippen LogP contribution in [0.15, 0.2) is 35.5 Å². The molecule has 3 aromatic heterocycles. The Kier molecular flexibility index (Phi) is 3.92. The Morgan fingerprint density at radius 2 is 2.14 bits per heavy atom. The zero-order valence-corrected chi connectivity index (χ0v) is 16.8. The van der Waals surface area contributed by atoms with Crippen molar-refractivity contribution in [1.82, 2.24) is 18.7 Å². The van der Waals surface area contributed by atoms with E-state index in [4.69, 9.17) is 14.2 Å². The second-order valence-corrected chi connectivity index (χ2v) is 7.37. The van der Waals surface area contributed by atoms with Crippen molar-refractivity contribution in [3.05, 3.63) is 41.2 Å². The number of nitrogens with zero attached hydrogens (tertiary/aromatic N) is 4. The van der Waals surface area contributed by atoms with E-state index in [0.29, 0.717) is 24.7 Å². The maximum absolute atomic E-state index is 13.1. The first-order chi connectivity index (χ1) is 14.0. The molecule has 0 saturated heterocycles. The van der Waals surface area contributed by atoms with E-state index in [1.54, 1.807) is 36.6 Å². The summed E-state index contributed by atoms with van der Waals surface area (Å²) in [5.74, 6) is 1.36. The molecule has 0 saturated carbocycles. The van der Waals surface area contributed by atoms with Crippen LogP contribution >= 0.6 is 0 Å². The number of imidazole rings is 1. The maximum Gasteiger partial charge on any atom is 0.329 e. The van der Waals surface area contributed by atoms with Gasteiger partial charge >= 0.3 is 5.69 Å². The highest BCUT2D eigenvalue weighted by Crippen LogP contribution is 2.47. The molecular weight excluding hydrogens is 372 g/mol. The Balaban J connectivity index is 1.97. The third-order valence-electron chi connectivity index (χ3n) is 5.61. The van der Waals surface area contributed by atoms with E-state index < -0.39 is 0 Å². The van der Waals surface area contributed by atoms with Crippen LogP contribution in [-0.4, -0.2) is 46.1 Å². The van der Waals surface area contributed by atoms with Gasteiger partial charge in [0.2, 0.25) is 0 Å². The monoisotopic (exact) mass is 394 g/mol. The number of hydrogen-bond acceptors (Lipinski definition) is 5. The van der Waals surface area contributed by atoms with Crippen LogP contribution in [0.4, 0.5) is 0 Å². The van der Waals surface area contributed by atoms with Gasteiger partial charge in [0.1, 0.15) is 18.1 Å². The summed E-state index contributed by atoms with van der Waals surface area (Å²) in [6, 6.07) is 3.68. The minimum atomic E-state index is -0.246. The summed E-state index contributed by atoms with van der Waals surface area (Å²) in [7, 11) is 7.01. The number of hydrogen-bond donors (Lipinski definition) is 0. The number of ether oxygens (including phenoxy) is 3. The van der Waals surface area contributed by atoms with E-state index in [2.05, 4.69) is 4.98 Å². The quantitative estimate of drug-likeness (QED) is 0.532. The highest BCUT2D eigenvalue weighted by atomic mass is 16.5. The maximum atomic E-state index is 13.1. The molecule has 29 heavy (non-hydrogen) atoms. The van der Waals surface area contributed by atoms with Crippen molar-refractivity contribution in [3.63, 3.8) is 0 Å². The summed E-state index contributed by atoms with van der Waals surface area (Å²) in [5, 5.41) is 0.818. The van der Waals surface area contributed by atoms with E-state index >= 15 is 0 Å². The fourth-order valence-corrected chi connectivity index (χ4v) is 4.26. The number of rotatable bonds is 4. The van der Waals surface area contributed by atoms with Gasteiger partial charge in [-0.1, -0.05) is 0 Å². The van der Waals surface area contributed by atoms with Crippen LogP contribution in [0.5, 0.6) is 11.5 Å². The largest absolute Gasteiger partial charge is 0.496 e. The lowest BCUT2D eigenvalue weighted by atomic mass is 10.0. The number of benzene rings is 1.